The molecule has 0 aliphatic carbocycles. The van der Waals surface area contributed by atoms with Gasteiger partial charge < -0.3 is 15.1 Å². The van der Waals surface area contributed by atoms with Crippen LogP contribution in [0.15, 0.2) is 93.4 Å². The van der Waals surface area contributed by atoms with E-state index >= 15 is 0 Å². The molecule has 3 amide bonds. The summed E-state index contributed by atoms with van der Waals surface area (Å²) in [5.74, 6) is -2.62. The van der Waals surface area contributed by atoms with Crippen molar-refractivity contribution >= 4 is 57.9 Å². The van der Waals surface area contributed by atoms with E-state index < -0.39 is 23.2 Å². The summed E-state index contributed by atoms with van der Waals surface area (Å²) in [7, 11) is 0. The normalized spacial score (nSPS) is 10.8. The standard InChI is InChI=1S/C25H17ClN4O5/c26-16-10-11-21-19(12-16)22(31)15(14-35-21)13-27-30-25(34)24(33)29-20-9-5-4-8-18(20)23(32)28-17-6-2-1-3-7-17/h1-14H,(H,28,32)(H,29,33)(H,30,34)/b27-13-. The number of rotatable bonds is 5. The minimum absolute atomic E-state index is 0.0448. The highest BCUT2D eigenvalue weighted by Gasteiger charge is 2.18. The molecule has 0 bridgehead atoms. The lowest BCUT2D eigenvalue weighted by Gasteiger charge is -2.11. The molecule has 0 fully saturated rings. The van der Waals surface area contributed by atoms with Gasteiger partial charge in [0.2, 0.25) is 5.43 Å². The lowest BCUT2D eigenvalue weighted by Crippen LogP contribution is -2.33. The Morgan fingerprint density at radius 3 is 2.43 bits per heavy atom. The van der Waals surface area contributed by atoms with Gasteiger partial charge in [-0.3, -0.25) is 19.2 Å². The lowest BCUT2D eigenvalue weighted by molar-refractivity contribution is -0.136. The first-order valence-electron chi connectivity index (χ1n) is 10.2. The maximum atomic E-state index is 12.6. The molecule has 10 heteroatoms. The summed E-state index contributed by atoms with van der Waals surface area (Å²) in [6.45, 7) is 0. The van der Waals surface area contributed by atoms with Crippen LogP contribution < -0.4 is 21.5 Å². The summed E-state index contributed by atoms with van der Waals surface area (Å²) in [6.07, 6.45) is 2.23. The van der Waals surface area contributed by atoms with Crippen LogP contribution in [0.1, 0.15) is 15.9 Å². The molecule has 0 atom stereocenters. The van der Waals surface area contributed by atoms with Crippen molar-refractivity contribution in [2.45, 2.75) is 0 Å². The molecule has 3 N–H and O–H groups in total. The molecule has 0 unspecified atom stereocenters. The maximum Gasteiger partial charge on any atom is 0.329 e. The van der Waals surface area contributed by atoms with Crippen molar-refractivity contribution in [3.63, 3.8) is 0 Å². The molecule has 1 heterocycles. The zero-order valence-electron chi connectivity index (χ0n) is 17.9. The molecule has 0 saturated carbocycles. The Balaban J connectivity index is 1.42. The Bertz CT molecular complexity index is 1520. The fourth-order valence-corrected chi connectivity index (χ4v) is 3.28. The zero-order valence-corrected chi connectivity index (χ0v) is 18.7. The highest BCUT2D eigenvalue weighted by molar-refractivity contribution is 6.40. The van der Waals surface area contributed by atoms with Crippen LogP contribution in [-0.2, 0) is 9.59 Å². The van der Waals surface area contributed by atoms with E-state index in [0.29, 0.717) is 16.3 Å². The molecular weight excluding hydrogens is 472 g/mol. The number of carbonyl (C=O) groups excluding carboxylic acids is 3. The van der Waals surface area contributed by atoms with Gasteiger partial charge in [-0.1, -0.05) is 41.9 Å². The topological polar surface area (TPSA) is 130 Å². The number of hydrazone groups is 1. The van der Waals surface area contributed by atoms with Gasteiger partial charge in [-0.2, -0.15) is 5.10 Å². The van der Waals surface area contributed by atoms with E-state index in [9.17, 15) is 19.2 Å². The predicted molar refractivity (Wildman–Crippen MR) is 133 cm³/mol. The average molecular weight is 489 g/mol. The number of amides is 3. The van der Waals surface area contributed by atoms with Gasteiger partial charge in [0.15, 0.2) is 0 Å². The summed E-state index contributed by atoms with van der Waals surface area (Å²) in [5, 5.41) is 9.36. The summed E-state index contributed by atoms with van der Waals surface area (Å²) in [6, 6.07) is 19.6. The molecule has 4 rings (SSSR count). The smallest absolute Gasteiger partial charge is 0.329 e. The van der Waals surface area contributed by atoms with Crippen LogP contribution in [0.4, 0.5) is 11.4 Å². The van der Waals surface area contributed by atoms with E-state index in [2.05, 4.69) is 15.7 Å². The second-order valence-corrected chi connectivity index (χ2v) is 7.62. The summed E-state index contributed by atoms with van der Waals surface area (Å²) in [5.41, 5.74) is 2.89. The van der Waals surface area contributed by atoms with Crippen molar-refractivity contribution in [1.29, 1.82) is 0 Å². The number of hydrogen-bond acceptors (Lipinski definition) is 6. The fourth-order valence-electron chi connectivity index (χ4n) is 3.11. The quantitative estimate of drug-likeness (QED) is 0.223. The summed E-state index contributed by atoms with van der Waals surface area (Å²) < 4.78 is 5.36. The van der Waals surface area contributed by atoms with Crippen molar-refractivity contribution in [2.24, 2.45) is 5.10 Å². The Kier molecular flexibility index (Phi) is 6.99. The number of benzene rings is 3. The number of halogens is 1. The monoisotopic (exact) mass is 488 g/mol. The Hall–Kier alpha value is -4.76. The molecule has 4 aromatic rings. The van der Waals surface area contributed by atoms with Gasteiger partial charge in [0.1, 0.15) is 11.8 Å². The SMILES string of the molecule is O=C(N/N=C\c1coc2ccc(Cl)cc2c1=O)C(=O)Nc1ccccc1C(=O)Nc1ccccc1. The van der Waals surface area contributed by atoms with Gasteiger partial charge in [0.05, 0.1) is 28.4 Å². The molecule has 174 valence electrons. The van der Waals surface area contributed by atoms with Crippen LogP contribution in [0.2, 0.25) is 5.02 Å². The second-order valence-electron chi connectivity index (χ2n) is 7.18. The van der Waals surface area contributed by atoms with Crippen LogP contribution in [0.3, 0.4) is 0 Å². The number of para-hydroxylation sites is 2. The van der Waals surface area contributed by atoms with Gasteiger partial charge in [-0.15, -0.1) is 0 Å². The molecule has 0 spiro atoms. The number of anilines is 2. The van der Waals surface area contributed by atoms with E-state index in [-0.39, 0.29) is 22.2 Å². The molecule has 1 aromatic heterocycles. The molecule has 3 aromatic carbocycles. The molecule has 0 saturated heterocycles. The largest absolute Gasteiger partial charge is 0.463 e. The van der Waals surface area contributed by atoms with Crippen molar-refractivity contribution in [3.8, 4) is 0 Å². The van der Waals surface area contributed by atoms with E-state index in [1.165, 1.54) is 24.5 Å². The number of fused-ring (bicyclic) bond motifs is 1. The second kappa shape index (κ2) is 10.4. The van der Waals surface area contributed by atoms with Crippen molar-refractivity contribution < 1.29 is 18.8 Å². The molecule has 0 aliphatic rings. The zero-order chi connectivity index (χ0) is 24.8. The molecular formula is C25H17ClN4O5. The third kappa shape index (κ3) is 5.60. The van der Waals surface area contributed by atoms with E-state index in [4.69, 9.17) is 16.0 Å². The van der Waals surface area contributed by atoms with Crippen LogP contribution in [0, 0.1) is 0 Å². The van der Waals surface area contributed by atoms with E-state index in [0.717, 1.165) is 6.21 Å². The van der Waals surface area contributed by atoms with Gasteiger partial charge >= 0.3 is 11.8 Å². The predicted octanol–water partition coefficient (Wildman–Crippen LogP) is 3.79. The third-order valence-electron chi connectivity index (χ3n) is 4.79. The Morgan fingerprint density at radius 1 is 0.886 bits per heavy atom. The highest BCUT2D eigenvalue weighted by Crippen LogP contribution is 2.18. The van der Waals surface area contributed by atoms with Crippen molar-refractivity contribution in [1.82, 2.24) is 5.43 Å². The van der Waals surface area contributed by atoms with Crippen LogP contribution >= 0.6 is 11.6 Å². The lowest BCUT2D eigenvalue weighted by atomic mass is 10.1. The summed E-state index contributed by atoms with van der Waals surface area (Å²) in [4.78, 5) is 49.7. The van der Waals surface area contributed by atoms with Gasteiger partial charge in [0, 0.05) is 10.7 Å². The van der Waals surface area contributed by atoms with Gasteiger partial charge in [-0.25, -0.2) is 5.43 Å². The molecule has 0 radical (unpaired) electrons. The average Bonchev–Trinajstić information content (AvgIpc) is 2.86. The van der Waals surface area contributed by atoms with Crippen molar-refractivity contribution in [3.05, 3.63) is 105 Å². The molecule has 0 aliphatic heterocycles. The number of hydrogen-bond donors (Lipinski definition) is 3. The Labute approximate surface area is 203 Å². The van der Waals surface area contributed by atoms with Gasteiger partial charge in [0.25, 0.3) is 5.91 Å². The van der Waals surface area contributed by atoms with Gasteiger partial charge in [-0.05, 0) is 42.5 Å². The number of carbonyl (C=O) groups is 3. The first-order valence-corrected chi connectivity index (χ1v) is 10.6. The summed E-state index contributed by atoms with van der Waals surface area (Å²) >= 11 is 5.92. The maximum absolute atomic E-state index is 12.6. The molecule has 35 heavy (non-hydrogen) atoms. The minimum Gasteiger partial charge on any atom is -0.463 e. The molecule has 9 nitrogen and oxygen atoms in total. The number of nitrogens with zero attached hydrogens (tertiary/aromatic N) is 1. The first kappa shape index (κ1) is 23.4. The van der Waals surface area contributed by atoms with Crippen LogP contribution in [-0.4, -0.2) is 23.9 Å². The fraction of sp³-hybridized carbons (Fsp3) is 0. The van der Waals surface area contributed by atoms with Crippen molar-refractivity contribution in [2.75, 3.05) is 10.6 Å². The van der Waals surface area contributed by atoms with E-state index in [1.807, 2.05) is 11.5 Å². The highest BCUT2D eigenvalue weighted by atomic mass is 35.5. The minimum atomic E-state index is -1.10. The van der Waals surface area contributed by atoms with E-state index in [1.54, 1.807) is 48.5 Å². The Morgan fingerprint density at radius 2 is 1.63 bits per heavy atom. The first-order chi connectivity index (χ1) is 16.9. The van der Waals surface area contributed by atoms with Crippen LogP contribution in [0.5, 0.6) is 0 Å². The number of nitrogens with one attached hydrogen (secondary N) is 3. The third-order valence-corrected chi connectivity index (χ3v) is 5.02. The van der Waals surface area contributed by atoms with Crippen LogP contribution in [0.25, 0.3) is 11.0 Å².